The van der Waals surface area contributed by atoms with E-state index in [0.717, 1.165) is 0 Å². The Kier molecular flexibility index (Phi) is 18.7. The number of rotatable bonds is 7. The fourth-order valence-electron chi connectivity index (χ4n) is 0.595. The van der Waals surface area contributed by atoms with E-state index in [-0.39, 0.29) is 17.5 Å². The van der Waals surface area contributed by atoms with Gasteiger partial charge in [0.15, 0.2) is 0 Å². The van der Waals surface area contributed by atoms with Gasteiger partial charge in [0, 0.05) is 23.8 Å². The molecule has 0 aromatic heterocycles. The largest absolute Gasteiger partial charge is 0.478 e. The predicted molar refractivity (Wildman–Crippen MR) is 91.5 cm³/mol. The van der Waals surface area contributed by atoms with Crippen molar-refractivity contribution in [1.82, 2.24) is 0 Å². The maximum atomic E-state index is 10.6. The lowest BCUT2D eigenvalue weighted by atomic mass is 10.4. The smallest absolute Gasteiger partial charge is 0.333 e. The Balaban J connectivity index is -0.000000285. The van der Waals surface area contributed by atoms with Crippen LogP contribution in [-0.2, 0) is 28.6 Å². The monoisotopic (exact) mass is 344 g/mol. The van der Waals surface area contributed by atoms with Crippen LogP contribution >= 0.6 is 0 Å². The number of hydrogen-bond acceptors (Lipinski definition) is 6. The van der Waals surface area contributed by atoms with Crippen molar-refractivity contribution >= 4 is 17.9 Å². The van der Waals surface area contributed by atoms with E-state index in [0.29, 0.717) is 31.0 Å². The number of esters is 2. The molecule has 0 aliphatic heterocycles. The van der Waals surface area contributed by atoms with E-state index in [2.05, 4.69) is 33.9 Å². The second-order valence-corrected chi connectivity index (χ2v) is 4.50. The zero-order valence-electron chi connectivity index (χ0n) is 15.1. The molecule has 0 aromatic rings. The van der Waals surface area contributed by atoms with E-state index in [4.69, 9.17) is 5.11 Å². The van der Waals surface area contributed by atoms with Crippen molar-refractivity contribution in [2.24, 2.45) is 0 Å². The minimum atomic E-state index is -0.935. The van der Waals surface area contributed by atoms with Crippen molar-refractivity contribution in [2.75, 3.05) is 26.9 Å². The summed E-state index contributed by atoms with van der Waals surface area (Å²) in [5.74, 6) is -1.61. The van der Waals surface area contributed by atoms with E-state index < -0.39 is 5.97 Å². The van der Waals surface area contributed by atoms with Crippen LogP contribution in [0.2, 0.25) is 0 Å². The van der Waals surface area contributed by atoms with Crippen LogP contribution in [0.25, 0.3) is 0 Å². The predicted octanol–water partition coefficient (Wildman–Crippen LogP) is 2.52. The Hall–Kier alpha value is -2.41. The third kappa shape index (κ3) is 21.9. The van der Waals surface area contributed by atoms with Crippen LogP contribution in [-0.4, -0.2) is 49.9 Å². The number of hydrogen-bond donors (Lipinski definition) is 1. The van der Waals surface area contributed by atoms with Crippen LogP contribution in [0, 0.1) is 0 Å². The number of aliphatic carboxylic acids is 1. The van der Waals surface area contributed by atoms with Gasteiger partial charge in [-0.05, 0) is 27.7 Å². The van der Waals surface area contributed by atoms with Crippen molar-refractivity contribution in [2.45, 2.75) is 27.7 Å². The number of carboxylic acids is 1. The van der Waals surface area contributed by atoms with Crippen molar-refractivity contribution < 1.29 is 33.7 Å². The zero-order valence-corrected chi connectivity index (χ0v) is 15.1. The van der Waals surface area contributed by atoms with Gasteiger partial charge in [0.25, 0.3) is 0 Å². The highest BCUT2D eigenvalue weighted by Gasteiger charge is 2.00. The number of carbonyl (C=O) groups is 3. The molecule has 7 nitrogen and oxygen atoms in total. The maximum absolute atomic E-state index is 10.6. The Morgan fingerprint density at radius 3 is 1.42 bits per heavy atom. The molecule has 0 atom stereocenters. The van der Waals surface area contributed by atoms with Gasteiger partial charge >= 0.3 is 17.9 Å². The molecule has 0 saturated carbocycles. The second-order valence-electron chi connectivity index (χ2n) is 4.50. The Bertz CT molecular complexity index is 438. The summed E-state index contributed by atoms with van der Waals surface area (Å²) < 4.78 is 13.9. The average molecular weight is 344 g/mol. The van der Waals surface area contributed by atoms with Crippen molar-refractivity contribution in [1.29, 1.82) is 0 Å². The van der Waals surface area contributed by atoms with Crippen LogP contribution in [0.4, 0.5) is 0 Å². The highest BCUT2D eigenvalue weighted by atomic mass is 16.6. The molecule has 0 bridgehead atoms. The SMILES string of the molecule is C=C(C)C(=O)O.C=C(C)C(=O)OCC.C=C(C)C(=O)OCCOC. The first-order chi connectivity index (χ1) is 11.0. The van der Waals surface area contributed by atoms with Gasteiger partial charge in [0.2, 0.25) is 0 Å². The van der Waals surface area contributed by atoms with Crippen LogP contribution < -0.4 is 0 Å². The van der Waals surface area contributed by atoms with Crippen molar-refractivity contribution in [3.8, 4) is 0 Å². The molecule has 0 aliphatic rings. The summed E-state index contributed by atoms with van der Waals surface area (Å²) in [6.07, 6.45) is 0. The van der Waals surface area contributed by atoms with Gasteiger partial charge in [-0.15, -0.1) is 0 Å². The number of carboxylic acid groups (broad SMARTS) is 1. The molecule has 7 heteroatoms. The first kappa shape index (κ1) is 26.5. The summed E-state index contributed by atoms with van der Waals surface area (Å²) in [7, 11) is 1.55. The second kappa shape index (κ2) is 17.0. The lowest BCUT2D eigenvalue weighted by molar-refractivity contribution is -0.140. The average Bonchev–Trinajstić information content (AvgIpc) is 2.48. The first-order valence-electron chi connectivity index (χ1n) is 7.04. The van der Waals surface area contributed by atoms with Crippen LogP contribution in [0.15, 0.2) is 36.5 Å². The van der Waals surface area contributed by atoms with Crippen LogP contribution in [0.5, 0.6) is 0 Å². The van der Waals surface area contributed by atoms with Crippen LogP contribution in [0.1, 0.15) is 27.7 Å². The minimum Gasteiger partial charge on any atom is -0.478 e. The summed E-state index contributed by atoms with van der Waals surface area (Å²) in [4.78, 5) is 30.7. The first-order valence-corrected chi connectivity index (χ1v) is 7.04. The molecule has 0 heterocycles. The fraction of sp³-hybridized carbons (Fsp3) is 0.471. The van der Waals surface area contributed by atoms with Gasteiger partial charge < -0.3 is 19.3 Å². The molecule has 0 amide bonds. The quantitative estimate of drug-likeness (QED) is 0.430. The van der Waals surface area contributed by atoms with E-state index in [9.17, 15) is 14.4 Å². The topological polar surface area (TPSA) is 99.1 Å². The molecule has 0 radical (unpaired) electrons. The van der Waals surface area contributed by atoms with Gasteiger partial charge in [-0.1, -0.05) is 19.7 Å². The summed E-state index contributed by atoms with van der Waals surface area (Å²) in [5, 5.41) is 7.89. The molecule has 1 N–H and O–H groups in total. The highest BCUT2D eigenvalue weighted by molar-refractivity contribution is 5.87. The van der Waals surface area contributed by atoms with Crippen molar-refractivity contribution in [3.05, 3.63) is 36.5 Å². The summed E-state index contributed by atoms with van der Waals surface area (Å²) >= 11 is 0. The van der Waals surface area contributed by atoms with Gasteiger partial charge in [-0.2, -0.15) is 0 Å². The number of ether oxygens (including phenoxy) is 3. The molecular formula is C17H28O7. The standard InChI is InChI=1S/C7H12O3.C6H10O2.C4H6O2/c1-6(2)7(8)10-5-4-9-3;1-4-8-6(7)5(2)3;1-3(2)4(5)6/h1,4-5H2,2-3H3;2,4H2,1,3H3;1H2,2H3,(H,5,6). The van der Waals surface area contributed by atoms with Gasteiger partial charge in [0.05, 0.1) is 13.2 Å². The van der Waals surface area contributed by atoms with Gasteiger partial charge in [-0.25, -0.2) is 14.4 Å². The molecule has 138 valence electrons. The third-order valence-corrected chi connectivity index (χ3v) is 1.86. The fourth-order valence-corrected chi connectivity index (χ4v) is 0.595. The van der Waals surface area contributed by atoms with Gasteiger partial charge in [0.1, 0.15) is 6.61 Å². The lowest BCUT2D eigenvalue weighted by Crippen LogP contribution is -2.09. The third-order valence-electron chi connectivity index (χ3n) is 1.86. The summed E-state index contributed by atoms with van der Waals surface area (Å²) in [5.41, 5.74) is 1.04. The van der Waals surface area contributed by atoms with Crippen molar-refractivity contribution in [3.63, 3.8) is 0 Å². The molecule has 0 rings (SSSR count). The molecule has 0 unspecified atom stereocenters. The Morgan fingerprint density at radius 1 is 0.833 bits per heavy atom. The Morgan fingerprint density at radius 2 is 1.21 bits per heavy atom. The molecule has 0 aromatic carbocycles. The maximum Gasteiger partial charge on any atom is 0.333 e. The highest BCUT2D eigenvalue weighted by Crippen LogP contribution is 1.91. The normalized spacial score (nSPS) is 8.38. The summed E-state index contributed by atoms with van der Waals surface area (Å²) in [6, 6.07) is 0. The number of methoxy groups -OCH3 is 1. The zero-order chi connectivity index (χ0) is 19.7. The number of carbonyl (C=O) groups excluding carboxylic acids is 2. The molecule has 24 heavy (non-hydrogen) atoms. The molecule has 0 saturated heterocycles. The van der Waals surface area contributed by atoms with Crippen LogP contribution in [0.3, 0.4) is 0 Å². The molecular weight excluding hydrogens is 316 g/mol. The molecule has 0 spiro atoms. The van der Waals surface area contributed by atoms with E-state index in [1.54, 1.807) is 27.9 Å². The van der Waals surface area contributed by atoms with Gasteiger partial charge in [-0.3, -0.25) is 0 Å². The lowest BCUT2D eigenvalue weighted by Gasteiger charge is -2.01. The van der Waals surface area contributed by atoms with E-state index in [1.807, 2.05) is 0 Å². The minimum absolute atomic E-state index is 0.176. The molecule has 0 aliphatic carbocycles. The Labute approximate surface area is 143 Å². The van der Waals surface area contributed by atoms with E-state index >= 15 is 0 Å². The van der Waals surface area contributed by atoms with E-state index in [1.165, 1.54) is 6.92 Å². The molecule has 0 fully saturated rings. The summed E-state index contributed by atoms with van der Waals surface area (Å²) in [6.45, 7) is 17.6.